The molecule has 0 amide bonds. The van der Waals surface area contributed by atoms with Crippen LogP contribution in [0.1, 0.15) is 25.8 Å². The van der Waals surface area contributed by atoms with Gasteiger partial charge in [0, 0.05) is 6.54 Å². The van der Waals surface area contributed by atoms with Gasteiger partial charge in [-0.15, -0.1) is 0 Å². The van der Waals surface area contributed by atoms with E-state index in [1.165, 1.54) is 6.07 Å². The highest BCUT2D eigenvalue weighted by Crippen LogP contribution is 2.11. The van der Waals surface area contributed by atoms with Crippen molar-refractivity contribution < 1.29 is 8.78 Å². The molecule has 1 N–H and O–H groups in total. The summed E-state index contributed by atoms with van der Waals surface area (Å²) in [6, 6.07) is 3.92. The van der Waals surface area contributed by atoms with Crippen LogP contribution in [0.25, 0.3) is 6.08 Å². The molecule has 0 aromatic heterocycles. The lowest BCUT2D eigenvalue weighted by atomic mass is 10.1. The molecule has 0 saturated heterocycles. The summed E-state index contributed by atoms with van der Waals surface area (Å²) in [5, 5.41) is 3.24. The maximum absolute atomic E-state index is 12.9. The van der Waals surface area contributed by atoms with Crippen LogP contribution in [0.15, 0.2) is 23.8 Å². The molecule has 1 rings (SSSR count). The maximum atomic E-state index is 12.9. The van der Waals surface area contributed by atoms with E-state index in [1.54, 1.807) is 6.07 Å². The second-order valence-electron chi connectivity index (χ2n) is 3.84. The Bertz CT molecular complexity index is 372. The van der Waals surface area contributed by atoms with Crippen molar-refractivity contribution in [1.82, 2.24) is 5.32 Å². The van der Waals surface area contributed by atoms with Crippen LogP contribution in [0.3, 0.4) is 0 Å². The van der Waals surface area contributed by atoms with Crippen molar-refractivity contribution in [2.24, 2.45) is 0 Å². The summed E-state index contributed by atoms with van der Waals surface area (Å²) in [6.45, 7) is 5.79. The lowest BCUT2D eigenvalue weighted by molar-refractivity contribution is 0.508. The number of hydrogen-bond donors (Lipinski definition) is 1. The summed E-state index contributed by atoms with van der Waals surface area (Å²) >= 11 is 0. The van der Waals surface area contributed by atoms with E-state index in [1.807, 2.05) is 13.0 Å². The first-order valence-corrected chi connectivity index (χ1v) is 5.46. The molecule has 0 atom stereocenters. The third kappa shape index (κ3) is 4.11. The molecule has 0 unspecified atom stereocenters. The number of hydrogen-bond acceptors (Lipinski definition) is 1. The molecule has 1 aromatic carbocycles. The van der Waals surface area contributed by atoms with Gasteiger partial charge < -0.3 is 5.32 Å². The molecule has 16 heavy (non-hydrogen) atoms. The van der Waals surface area contributed by atoms with Crippen molar-refractivity contribution in [3.63, 3.8) is 0 Å². The van der Waals surface area contributed by atoms with Gasteiger partial charge in [0.1, 0.15) is 0 Å². The molecule has 88 valence electrons. The SMILES string of the molecule is CCCNCC(C)=Cc1ccc(F)c(F)c1. The molecule has 0 radical (unpaired) electrons. The van der Waals surface area contributed by atoms with Gasteiger partial charge in [-0.1, -0.05) is 24.6 Å². The van der Waals surface area contributed by atoms with Crippen molar-refractivity contribution in [1.29, 1.82) is 0 Å². The summed E-state index contributed by atoms with van der Waals surface area (Å²) in [7, 11) is 0. The topological polar surface area (TPSA) is 12.0 Å². The summed E-state index contributed by atoms with van der Waals surface area (Å²) in [5.74, 6) is -1.61. The van der Waals surface area contributed by atoms with Crippen molar-refractivity contribution in [3.05, 3.63) is 41.0 Å². The average Bonchev–Trinajstić information content (AvgIpc) is 2.24. The summed E-state index contributed by atoms with van der Waals surface area (Å²) in [5.41, 5.74) is 1.79. The van der Waals surface area contributed by atoms with E-state index >= 15 is 0 Å². The van der Waals surface area contributed by atoms with E-state index in [9.17, 15) is 8.78 Å². The monoisotopic (exact) mass is 225 g/mol. The zero-order valence-electron chi connectivity index (χ0n) is 9.69. The molecular weight excluding hydrogens is 208 g/mol. The van der Waals surface area contributed by atoms with Gasteiger partial charge in [-0.25, -0.2) is 8.78 Å². The third-order valence-corrected chi connectivity index (χ3v) is 2.19. The Balaban J connectivity index is 2.63. The average molecular weight is 225 g/mol. The summed E-state index contributed by atoms with van der Waals surface area (Å²) in [6.07, 6.45) is 2.93. The van der Waals surface area contributed by atoms with E-state index in [0.29, 0.717) is 5.56 Å². The van der Waals surface area contributed by atoms with Crippen LogP contribution in [0, 0.1) is 11.6 Å². The van der Waals surface area contributed by atoms with Gasteiger partial charge in [0.05, 0.1) is 0 Å². The van der Waals surface area contributed by atoms with Crippen molar-refractivity contribution in [2.45, 2.75) is 20.3 Å². The highest BCUT2D eigenvalue weighted by Gasteiger charge is 2.00. The van der Waals surface area contributed by atoms with Gasteiger partial charge in [-0.3, -0.25) is 0 Å². The van der Waals surface area contributed by atoms with Gasteiger partial charge in [0.25, 0.3) is 0 Å². The molecule has 0 aliphatic rings. The number of nitrogens with one attached hydrogen (secondary N) is 1. The highest BCUT2D eigenvalue weighted by atomic mass is 19.2. The van der Waals surface area contributed by atoms with E-state index in [2.05, 4.69) is 12.2 Å². The van der Waals surface area contributed by atoms with E-state index in [-0.39, 0.29) is 0 Å². The molecule has 0 bridgehead atoms. The molecular formula is C13H17F2N. The Morgan fingerprint density at radius 2 is 2.06 bits per heavy atom. The summed E-state index contributed by atoms with van der Waals surface area (Å²) < 4.78 is 25.6. The van der Waals surface area contributed by atoms with Crippen LogP contribution in [0.5, 0.6) is 0 Å². The third-order valence-electron chi connectivity index (χ3n) is 2.19. The second kappa shape index (κ2) is 6.38. The Morgan fingerprint density at radius 3 is 2.69 bits per heavy atom. The van der Waals surface area contributed by atoms with E-state index in [0.717, 1.165) is 31.1 Å². The smallest absolute Gasteiger partial charge is 0.159 e. The highest BCUT2D eigenvalue weighted by molar-refractivity contribution is 5.52. The Kier molecular flexibility index (Phi) is 5.12. The standard InChI is InChI=1S/C13H17F2N/c1-3-6-16-9-10(2)7-11-4-5-12(14)13(15)8-11/h4-5,7-8,16H,3,6,9H2,1-2H3. The van der Waals surface area contributed by atoms with Crippen molar-refractivity contribution in [2.75, 3.05) is 13.1 Å². The van der Waals surface area contributed by atoms with Crippen LogP contribution in [-0.4, -0.2) is 13.1 Å². The van der Waals surface area contributed by atoms with Gasteiger partial charge in [0.2, 0.25) is 0 Å². The largest absolute Gasteiger partial charge is 0.313 e. The molecule has 3 heteroatoms. The first-order valence-electron chi connectivity index (χ1n) is 5.46. The first kappa shape index (κ1) is 12.8. The predicted molar refractivity (Wildman–Crippen MR) is 63.2 cm³/mol. The van der Waals surface area contributed by atoms with Gasteiger partial charge in [0.15, 0.2) is 11.6 Å². The second-order valence-corrected chi connectivity index (χ2v) is 3.84. The van der Waals surface area contributed by atoms with Crippen molar-refractivity contribution in [3.8, 4) is 0 Å². The maximum Gasteiger partial charge on any atom is 0.159 e. The Hall–Kier alpha value is -1.22. The van der Waals surface area contributed by atoms with Gasteiger partial charge in [-0.05, 0) is 37.6 Å². The molecule has 0 aliphatic heterocycles. The number of rotatable bonds is 5. The fourth-order valence-corrected chi connectivity index (χ4v) is 1.40. The van der Waals surface area contributed by atoms with Crippen LogP contribution in [0.2, 0.25) is 0 Å². The first-order chi connectivity index (χ1) is 7.63. The zero-order valence-corrected chi connectivity index (χ0v) is 9.69. The molecule has 0 spiro atoms. The fourth-order valence-electron chi connectivity index (χ4n) is 1.40. The van der Waals surface area contributed by atoms with Crippen LogP contribution in [0.4, 0.5) is 8.78 Å². The molecule has 1 aromatic rings. The molecule has 0 fully saturated rings. The molecule has 0 saturated carbocycles. The zero-order chi connectivity index (χ0) is 12.0. The van der Waals surface area contributed by atoms with Gasteiger partial charge in [-0.2, -0.15) is 0 Å². The molecule has 0 aliphatic carbocycles. The quantitative estimate of drug-likeness (QED) is 0.758. The van der Waals surface area contributed by atoms with E-state index in [4.69, 9.17) is 0 Å². The van der Waals surface area contributed by atoms with Crippen LogP contribution >= 0.6 is 0 Å². The number of benzene rings is 1. The molecule has 0 heterocycles. The fraction of sp³-hybridized carbons (Fsp3) is 0.385. The van der Waals surface area contributed by atoms with Gasteiger partial charge >= 0.3 is 0 Å². The minimum Gasteiger partial charge on any atom is -0.313 e. The normalized spacial score (nSPS) is 11.9. The Labute approximate surface area is 95.2 Å². The molecule has 1 nitrogen and oxygen atoms in total. The minimum atomic E-state index is -0.807. The minimum absolute atomic E-state index is 0.690. The van der Waals surface area contributed by atoms with Crippen LogP contribution in [-0.2, 0) is 0 Å². The Morgan fingerprint density at radius 1 is 1.31 bits per heavy atom. The lowest BCUT2D eigenvalue weighted by Gasteiger charge is -2.03. The van der Waals surface area contributed by atoms with E-state index < -0.39 is 11.6 Å². The number of halogens is 2. The lowest BCUT2D eigenvalue weighted by Crippen LogP contribution is -2.16. The van der Waals surface area contributed by atoms with Crippen molar-refractivity contribution >= 4 is 6.08 Å². The predicted octanol–water partition coefficient (Wildman–Crippen LogP) is 3.37. The summed E-state index contributed by atoms with van der Waals surface area (Å²) in [4.78, 5) is 0. The van der Waals surface area contributed by atoms with Crippen LogP contribution < -0.4 is 5.32 Å².